The molecule has 0 spiro atoms. The summed E-state index contributed by atoms with van der Waals surface area (Å²) >= 11 is 0. The van der Waals surface area contributed by atoms with E-state index in [9.17, 15) is 9.90 Å². The molecule has 2 heterocycles. The number of carbonyl (C=O) groups is 1. The van der Waals surface area contributed by atoms with Crippen LogP contribution in [-0.4, -0.2) is 47.2 Å². The maximum absolute atomic E-state index is 12.9. The summed E-state index contributed by atoms with van der Waals surface area (Å²) in [7, 11) is 0. The Morgan fingerprint density at radius 2 is 2.00 bits per heavy atom. The summed E-state index contributed by atoms with van der Waals surface area (Å²) in [5.41, 5.74) is 3.36. The fourth-order valence-corrected chi connectivity index (χ4v) is 5.67. The van der Waals surface area contributed by atoms with Gasteiger partial charge in [-0.3, -0.25) is 4.79 Å². The smallest absolute Gasteiger partial charge is 0.225 e. The van der Waals surface area contributed by atoms with E-state index in [1.54, 1.807) is 0 Å². The Bertz CT molecular complexity index is 984. The van der Waals surface area contributed by atoms with E-state index in [2.05, 4.69) is 22.0 Å². The van der Waals surface area contributed by atoms with Crippen molar-refractivity contribution in [3.05, 3.63) is 65.2 Å². The van der Waals surface area contributed by atoms with E-state index in [4.69, 9.17) is 9.72 Å². The molecule has 5 rings (SSSR count). The first-order valence-corrected chi connectivity index (χ1v) is 10.8. The Labute approximate surface area is 176 Å². The molecule has 1 N–H and O–H groups in total. The molecule has 6 heteroatoms. The zero-order valence-electron chi connectivity index (χ0n) is 17.3. The van der Waals surface area contributed by atoms with E-state index in [1.807, 2.05) is 31.3 Å². The molecule has 1 aromatic carbocycles. The number of allylic oxidation sites excluding steroid dienone is 1. The van der Waals surface area contributed by atoms with Crippen molar-refractivity contribution in [3.8, 4) is 0 Å². The molecule has 3 aliphatic rings. The fraction of sp³-hybridized carbons (Fsp3) is 0.458. The minimum absolute atomic E-state index is 0.0555. The average molecular weight is 405 g/mol. The van der Waals surface area contributed by atoms with Crippen molar-refractivity contribution in [1.82, 2.24) is 9.97 Å². The van der Waals surface area contributed by atoms with E-state index in [1.165, 1.54) is 0 Å². The molecule has 0 radical (unpaired) electrons. The molecule has 0 amide bonds. The topological polar surface area (TPSA) is 75.5 Å². The molecule has 0 unspecified atom stereocenters. The molecule has 1 saturated heterocycles. The van der Waals surface area contributed by atoms with Gasteiger partial charge in [-0.05, 0) is 36.3 Å². The lowest BCUT2D eigenvalue weighted by Gasteiger charge is -2.50. The van der Waals surface area contributed by atoms with Crippen LogP contribution < -0.4 is 4.90 Å². The number of aliphatic hydroxyl groups excluding tert-OH is 1. The number of benzene rings is 1. The number of rotatable bonds is 2. The zero-order valence-corrected chi connectivity index (χ0v) is 17.3. The number of aryl methyl sites for hydroxylation is 1. The van der Waals surface area contributed by atoms with Gasteiger partial charge >= 0.3 is 0 Å². The van der Waals surface area contributed by atoms with Crippen LogP contribution in [0.5, 0.6) is 0 Å². The largest absolute Gasteiger partial charge is 0.515 e. The van der Waals surface area contributed by atoms with Crippen LogP contribution in [0.25, 0.3) is 0 Å². The van der Waals surface area contributed by atoms with Crippen molar-refractivity contribution in [2.24, 2.45) is 11.8 Å². The third-order valence-corrected chi connectivity index (χ3v) is 7.17. The number of nitrogens with zero attached hydrogens (tertiary/aromatic N) is 3. The number of aliphatic hydroxyl groups is 1. The molecule has 2 fully saturated rings. The number of ether oxygens (including phenoxy) is 1. The number of hydrogen-bond acceptors (Lipinski definition) is 6. The summed E-state index contributed by atoms with van der Waals surface area (Å²) in [6, 6.07) is 10.4. The first-order chi connectivity index (χ1) is 14.6. The molecular formula is C24H27N3O3. The number of hydrogen-bond donors (Lipinski definition) is 1. The van der Waals surface area contributed by atoms with Crippen LogP contribution in [-0.2, 0) is 21.4 Å². The lowest BCUT2D eigenvalue weighted by atomic mass is 9.52. The second kappa shape index (κ2) is 7.51. The van der Waals surface area contributed by atoms with E-state index in [0.29, 0.717) is 25.2 Å². The van der Waals surface area contributed by atoms with E-state index in [-0.39, 0.29) is 17.6 Å². The standard InChI is InChI=1S/C24H27N3O3/c1-16-20-8-7-17-14-25-23(27-9-11-30-12-10-27)26-22(17)24(20,13-18(15-28)21(16)29)19-5-3-2-4-6-19/h2-6,14-16,20,28H,7-13H2,1H3/t16-,20-,24+/m0/s1. The molecule has 2 aliphatic carbocycles. The summed E-state index contributed by atoms with van der Waals surface area (Å²) < 4.78 is 5.49. The third-order valence-electron chi connectivity index (χ3n) is 7.17. The second-order valence-electron chi connectivity index (χ2n) is 8.61. The summed E-state index contributed by atoms with van der Waals surface area (Å²) in [5.74, 6) is 0.746. The van der Waals surface area contributed by atoms with Crippen LogP contribution in [0.2, 0.25) is 0 Å². The minimum atomic E-state index is -0.444. The first kappa shape index (κ1) is 19.2. The van der Waals surface area contributed by atoms with Crippen LogP contribution in [0.4, 0.5) is 5.95 Å². The number of Topliss-reactive ketones (excluding diaryl/α,β-unsaturated/α-hetero) is 1. The number of ketones is 1. The Hall–Kier alpha value is -2.73. The highest BCUT2D eigenvalue weighted by atomic mass is 16.5. The second-order valence-corrected chi connectivity index (χ2v) is 8.61. The highest BCUT2D eigenvalue weighted by Crippen LogP contribution is 2.55. The van der Waals surface area contributed by atoms with Crippen molar-refractivity contribution in [2.45, 2.75) is 31.6 Å². The lowest BCUT2D eigenvalue weighted by Crippen LogP contribution is -2.51. The zero-order chi connectivity index (χ0) is 20.7. The summed E-state index contributed by atoms with van der Waals surface area (Å²) in [6.45, 7) is 4.91. The number of aromatic nitrogens is 2. The van der Waals surface area contributed by atoms with Crippen LogP contribution in [0.1, 0.15) is 36.6 Å². The van der Waals surface area contributed by atoms with Crippen molar-refractivity contribution in [3.63, 3.8) is 0 Å². The van der Waals surface area contributed by atoms with E-state index < -0.39 is 5.41 Å². The molecular weight excluding hydrogens is 378 g/mol. The maximum Gasteiger partial charge on any atom is 0.225 e. The summed E-state index contributed by atoms with van der Waals surface area (Å²) in [6.07, 6.45) is 5.23. The molecule has 1 saturated carbocycles. The number of morpholine rings is 1. The van der Waals surface area contributed by atoms with Gasteiger partial charge in [0, 0.05) is 36.2 Å². The predicted molar refractivity (Wildman–Crippen MR) is 114 cm³/mol. The van der Waals surface area contributed by atoms with E-state index >= 15 is 0 Å². The number of anilines is 1. The van der Waals surface area contributed by atoms with Gasteiger partial charge in [-0.1, -0.05) is 37.3 Å². The van der Waals surface area contributed by atoms with Crippen molar-refractivity contribution < 1.29 is 14.6 Å². The SMILES string of the molecule is C[C@@H]1C(=O)C(=CO)C[C@]2(c3ccccc3)c3nc(N4CCOCC4)ncc3CC[C@@H]12. The maximum atomic E-state index is 12.9. The van der Waals surface area contributed by atoms with Crippen LogP contribution in [0.15, 0.2) is 48.4 Å². The highest BCUT2D eigenvalue weighted by Gasteiger charge is 2.54. The number of fused-ring (bicyclic) bond motifs is 3. The van der Waals surface area contributed by atoms with Gasteiger partial charge in [0.25, 0.3) is 0 Å². The molecule has 1 aliphatic heterocycles. The van der Waals surface area contributed by atoms with Crippen molar-refractivity contribution in [2.75, 3.05) is 31.2 Å². The Kier molecular flexibility index (Phi) is 4.82. The average Bonchev–Trinajstić information content (AvgIpc) is 2.82. The van der Waals surface area contributed by atoms with Crippen LogP contribution >= 0.6 is 0 Å². The first-order valence-electron chi connectivity index (χ1n) is 10.8. The Morgan fingerprint density at radius 3 is 2.73 bits per heavy atom. The van der Waals surface area contributed by atoms with Gasteiger partial charge in [-0.2, -0.15) is 0 Å². The van der Waals surface area contributed by atoms with Gasteiger partial charge < -0.3 is 14.7 Å². The van der Waals surface area contributed by atoms with Crippen LogP contribution in [0.3, 0.4) is 0 Å². The molecule has 6 nitrogen and oxygen atoms in total. The molecule has 1 aromatic heterocycles. The van der Waals surface area contributed by atoms with Crippen molar-refractivity contribution in [1.29, 1.82) is 0 Å². The molecule has 3 atom stereocenters. The van der Waals surface area contributed by atoms with Crippen LogP contribution in [0, 0.1) is 11.8 Å². The molecule has 2 aromatic rings. The quantitative estimate of drug-likeness (QED) is 0.611. The number of carbonyl (C=O) groups excluding carboxylic acids is 1. The Balaban J connectivity index is 1.72. The van der Waals surface area contributed by atoms with E-state index in [0.717, 1.165) is 55.0 Å². The molecule has 30 heavy (non-hydrogen) atoms. The Morgan fingerprint density at radius 1 is 1.23 bits per heavy atom. The van der Waals surface area contributed by atoms with Gasteiger partial charge in [-0.25, -0.2) is 9.97 Å². The summed E-state index contributed by atoms with van der Waals surface area (Å²) in [5, 5.41) is 9.90. The monoisotopic (exact) mass is 405 g/mol. The third kappa shape index (κ3) is 2.85. The van der Waals surface area contributed by atoms with Gasteiger partial charge in [0.05, 0.1) is 25.2 Å². The van der Waals surface area contributed by atoms with Gasteiger partial charge in [0.2, 0.25) is 5.95 Å². The highest BCUT2D eigenvalue weighted by molar-refractivity contribution is 5.98. The normalized spacial score (nSPS) is 30.1. The fourth-order valence-electron chi connectivity index (χ4n) is 5.67. The predicted octanol–water partition coefficient (Wildman–Crippen LogP) is 3.21. The molecule has 156 valence electrons. The van der Waals surface area contributed by atoms with Gasteiger partial charge in [-0.15, -0.1) is 0 Å². The lowest BCUT2D eigenvalue weighted by molar-refractivity contribution is -0.123. The van der Waals surface area contributed by atoms with Gasteiger partial charge in [0.1, 0.15) is 0 Å². The molecule has 0 bridgehead atoms. The minimum Gasteiger partial charge on any atom is -0.515 e. The van der Waals surface area contributed by atoms with Crippen molar-refractivity contribution >= 4 is 11.7 Å². The van der Waals surface area contributed by atoms with Gasteiger partial charge in [0.15, 0.2) is 5.78 Å². The summed E-state index contributed by atoms with van der Waals surface area (Å²) in [4.78, 5) is 24.9.